The van der Waals surface area contributed by atoms with Gasteiger partial charge in [0.1, 0.15) is 5.75 Å². The summed E-state index contributed by atoms with van der Waals surface area (Å²) < 4.78 is 7.77. The van der Waals surface area contributed by atoms with Crippen molar-refractivity contribution in [1.82, 2.24) is 14.4 Å². The van der Waals surface area contributed by atoms with Gasteiger partial charge in [-0.25, -0.2) is 0 Å². The van der Waals surface area contributed by atoms with Gasteiger partial charge in [-0.05, 0) is 54.2 Å². The summed E-state index contributed by atoms with van der Waals surface area (Å²) >= 11 is 0. The second-order valence-electron chi connectivity index (χ2n) is 10.6. The molecular weight excluding hydrogens is 446 g/mol. The van der Waals surface area contributed by atoms with Crippen molar-refractivity contribution in [3.8, 4) is 5.75 Å². The number of hydrogen-bond acceptors (Lipinski definition) is 3. The number of aryl methyl sites for hydroxylation is 1. The van der Waals surface area contributed by atoms with Gasteiger partial charge in [-0.15, -0.1) is 0 Å². The molecule has 0 N–H and O–H groups in total. The number of benzene rings is 2. The summed E-state index contributed by atoms with van der Waals surface area (Å²) in [5, 5.41) is 0. The van der Waals surface area contributed by atoms with Crippen LogP contribution in [0.1, 0.15) is 48.4 Å². The Morgan fingerprint density at radius 2 is 1.81 bits per heavy atom. The molecule has 0 bridgehead atoms. The molecule has 1 amide bonds. The van der Waals surface area contributed by atoms with Crippen LogP contribution in [0, 0.1) is 11.8 Å². The monoisotopic (exact) mass is 485 g/mol. The molecule has 190 valence electrons. The Labute approximate surface area is 215 Å². The summed E-state index contributed by atoms with van der Waals surface area (Å²) in [6.45, 7) is 4.37. The SMILES string of the molecule is COc1cccc(C2CN(Cc3cccn3C)CC2CN(Cc2ccccc2)C(=O)C2CCCC2)c1. The van der Waals surface area contributed by atoms with E-state index < -0.39 is 0 Å². The molecule has 5 rings (SSSR count). The molecule has 2 atom stereocenters. The second kappa shape index (κ2) is 11.3. The second-order valence-corrected chi connectivity index (χ2v) is 10.6. The van der Waals surface area contributed by atoms with Gasteiger partial charge in [0, 0.05) is 63.5 Å². The van der Waals surface area contributed by atoms with E-state index in [-0.39, 0.29) is 5.92 Å². The highest BCUT2D eigenvalue weighted by molar-refractivity contribution is 5.79. The van der Waals surface area contributed by atoms with E-state index in [1.807, 2.05) is 12.1 Å². The predicted molar refractivity (Wildman–Crippen MR) is 144 cm³/mol. The molecule has 2 unspecified atom stereocenters. The van der Waals surface area contributed by atoms with Gasteiger partial charge >= 0.3 is 0 Å². The van der Waals surface area contributed by atoms with Gasteiger partial charge < -0.3 is 14.2 Å². The van der Waals surface area contributed by atoms with E-state index in [1.165, 1.54) is 29.7 Å². The first-order valence-electron chi connectivity index (χ1n) is 13.4. The minimum absolute atomic E-state index is 0.185. The van der Waals surface area contributed by atoms with Gasteiger partial charge in [-0.3, -0.25) is 9.69 Å². The maximum absolute atomic E-state index is 13.8. The number of aromatic nitrogens is 1. The van der Waals surface area contributed by atoms with Gasteiger partial charge in [0.05, 0.1) is 7.11 Å². The number of ether oxygens (including phenoxy) is 1. The van der Waals surface area contributed by atoms with E-state index in [0.717, 1.165) is 44.8 Å². The van der Waals surface area contributed by atoms with Crippen LogP contribution in [0.2, 0.25) is 0 Å². The number of methoxy groups -OCH3 is 1. The summed E-state index contributed by atoms with van der Waals surface area (Å²) in [6.07, 6.45) is 6.54. The highest BCUT2D eigenvalue weighted by Gasteiger charge is 2.37. The summed E-state index contributed by atoms with van der Waals surface area (Å²) in [4.78, 5) is 18.5. The van der Waals surface area contributed by atoms with Gasteiger partial charge in [0.2, 0.25) is 5.91 Å². The number of amides is 1. The fraction of sp³-hybridized carbons (Fsp3) is 0.452. The molecule has 1 saturated carbocycles. The zero-order chi connectivity index (χ0) is 24.9. The number of likely N-dealkylation sites (tertiary alicyclic amines) is 1. The first-order valence-corrected chi connectivity index (χ1v) is 13.4. The number of hydrogen-bond donors (Lipinski definition) is 0. The van der Waals surface area contributed by atoms with Crippen molar-refractivity contribution in [3.63, 3.8) is 0 Å². The lowest BCUT2D eigenvalue weighted by molar-refractivity contribution is -0.136. The van der Waals surface area contributed by atoms with Crippen molar-refractivity contribution < 1.29 is 9.53 Å². The smallest absolute Gasteiger partial charge is 0.225 e. The molecule has 1 aliphatic carbocycles. The van der Waals surface area contributed by atoms with E-state index >= 15 is 0 Å². The first kappa shape index (κ1) is 24.6. The topological polar surface area (TPSA) is 37.7 Å². The molecule has 1 aliphatic heterocycles. The van der Waals surface area contributed by atoms with Crippen molar-refractivity contribution in [2.45, 2.75) is 44.7 Å². The maximum Gasteiger partial charge on any atom is 0.225 e. The highest BCUT2D eigenvalue weighted by Crippen LogP contribution is 2.37. The van der Waals surface area contributed by atoms with Crippen LogP contribution in [0.4, 0.5) is 0 Å². The van der Waals surface area contributed by atoms with Crippen LogP contribution in [-0.4, -0.2) is 47.0 Å². The minimum atomic E-state index is 0.185. The lowest BCUT2D eigenvalue weighted by Gasteiger charge is -2.31. The summed E-state index contributed by atoms with van der Waals surface area (Å²) in [6, 6.07) is 23.3. The molecule has 1 saturated heterocycles. The Hall–Kier alpha value is -3.05. The van der Waals surface area contributed by atoms with Crippen molar-refractivity contribution in [3.05, 3.63) is 89.7 Å². The molecule has 2 aliphatic rings. The third-order valence-electron chi connectivity index (χ3n) is 8.16. The quantitative estimate of drug-likeness (QED) is 0.403. The average molecular weight is 486 g/mol. The van der Waals surface area contributed by atoms with Gasteiger partial charge in [0.25, 0.3) is 0 Å². The van der Waals surface area contributed by atoms with E-state index in [1.54, 1.807) is 7.11 Å². The molecular formula is C31H39N3O2. The van der Waals surface area contributed by atoms with E-state index in [9.17, 15) is 4.79 Å². The van der Waals surface area contributed by atoms with Crippen LogP contribution in [-0.2, 0) is 24.9 Å². The molecule has 3 aromatic rings. The van der Waals surface area contributed by atoms with Crippen LogP contribution in [0.25, 0.3) is 0 Å². The van der Waals surface area contributed by atoms with E-state index in [2.05, 4.69) is 82.2 Å². The minimum Gasteiger partial charge on any atom is -0.497 e. The Kier molecular flexibility index (Phi) is 7.76. The van der Waals surface area contributed by atoms with Crippen LogP contribution in [0.3, 0.4) is 0 Å². The van der Waals surface area contributed by atoms with Crippen molar-refractivity contribution in [1.29, 1.82) is 0 Å². The van der Waals surface area contributed by atoms with Crippen LogP contribution < -0.4 is 4.74 Å². The summed E-state index contributed by atoms with van der Waals surface area (Å²) in [7, 11) is 3.85. The Morgan fingerprint density at radius 3 is 2.53 bits per heavy atom. The van der Waals surface area contributed by atoms with E-state index in [4.69, 9.17) is 4.74 Å². The number of rotatable bonds is 9. The molecule has 2 heterocycles. The number of carbonyl (C=O) groups is 1. The molecule has 2 aromatic carbocycles. The molecule has 0 radical (unpaired) electrons. The first-order chi connectivity index (χ1) is 17.6. The predicted octanol–water partition coefficient (Wildman–Crippen LogP) is 5.47. The van der Waals surface area contributed by atoms with Crippen LogP contribution in [0.15, 0.2) is 72.9 Å². The van der Waals surface area contributed by atoms with Gasteiger partial charge in [0.15, 0.2) is 0 Å². The zero-order valence-electron chi connectivity index (χ0n) is 21.7. The zero-order valence-corrected chi connectivity index (χ0v) is 21.7. The Bertz CT molecular complexity index is 1140. The largest absolute Gasteiger partial charge is 0.497 e. The third-order valence-corrected chi connectivity index (χ3v) is 8.16. The van der Waals surface area contributed by atoms with Gasteiger partial charge in [-0.2, -0.15) is 0 Å². The van der Waals surface area contributed by atoms with Crippen LogP contribution >= 0.6 is 0 Å². The number of nitrogens with zero attached hydrogens (tertiary/aromatic N) is 3. The maximum atomic E-state index is 13.8. The van der Waals surface area contributed by atoms with Crippen molar-refractivity contribution in [2.75, 3.05) is 26.7 Å². The molecule has 2 fully saturated rings. The molecule has 0 spiro atoms. The standard InChI is InChI=1S/C31H39N3O2/c1-32-17-9-15-28(32)22-33-20-27(30(23-33)26-14-8-16-29(18-26)36-2)21-34(19-24-10-4-3-5-11-24)31(35)25-12-6-7-13-25/h3-5,8-11,14-18,25,27,30H,6-7,12-13,19-23H2,1-2H3. The summed E-state index contributed by atoms with van der Waals surface area (Å²) in [5.74, 6) is 2.16. The van der Waals surface area contributed by atoms with Crippen molar-refractivity contribution in [2.24, 2.45) is 18.9 Å². The Balaban J connectivity index is 1.41. The van der Waals surface area contributed by atoms with Crippen LogP contribution in [0.5, 0.6) is 5.75 Å². The number of carbonyl (C=O) groups excluding carboxylic acids is 1. The van der Waals surface area contributed by atoms with Crippen molar-refractivity contribution >= 4 is 5.91 Å². The average Bonchev–Trinajstić information content (AvgIpc) is 3.67. The fourth-order valence-corrected chi connectivity index (χ4v) is 6.16. The normalized spacial score (nSPS) is 20.6. The lowest BCUT2D eigenvalue weighted by atomic mass is 9.88. The fourth-order valence-electron chi connectivity index (χ4n) is 6.16. The summed E-state index contributed by atoms with van der Waals surface area (Å²) in [5.41, 5.74) is 3.84. The van der Waals surface area contributed by atoms with E-state index in [0.29, 0.717) is 24.3 Å². The molecule has 36 heavy (non-hydrogen) atoms. The molecule has 1 aromatic heterocycles. The highest BCUT2D eigenvalue weighted by atomic mass is 16.5. The van der Waals surface area contributed by atoms with Gasteiger partial charge in [-0.1, -0.05) is 55.3 Å². The molecule has 5 nitrogen and oxygen atoms in total. The Morgan fingerprint density at radius 1 is 1.00 bits per heavy atom. The molecule has 5 heteroatoms. The third kappa shape index (κ3) is 5.67. The lowest BCUT2D eigenvalue weighted by Crippen LogP contribution is -2.40.